The SMILES string of the molecule is O=C1C=CCC2=C1C(=O)N=C2. The molecule has 0 atom stereocenters. The van der Waals surface area contributed by atoms with E-state index in [0.717, 1.165) is 5.57 Å². The summed E-state index contributed by atoms with van der Waals surface area (Å²) in [6, 6.07) is 0. The van der Waals surface area contributed by atoms with Gasteiger partial charge < -0.3 is 0 Å². The minimum atomic E-state index is -0.394. The van der Waals surface area contributed by atoms with Crippen molar-refractivity contribution in [3.8, 4) is 0 Å². The lowest BCUT2D eigenvalue weighted by atomic mass is 9.98. The molecule has 0 aromatic rings. The number of aliphatic imine (C=N–C) groups is 1. The molecule has 1 aliphatic heterocycles. The lowest BCUT2D eigenvalue weighted by molar-refractivity contribution is -0.118. The highest BCUT2D eigenvalue weighted by molar-refractivity contribution is 6.31. The van der Waals surface area contributed by atoms with E-state index in [9.17, 15) is 9.59 Å². The van der Waals surface area contributed by atoms with Gasteiger partial charge in [0.2, 0.25) is 0 Å². The van der Waals surface area contributed by atoms with Crippen LogP contribution in [-0.2, 0) is 9.59 Å². The maximum atomic E-state index is 11.0. The number of rotatable bonds is 0. The Morgan fingerprint density at radius 1 is 1.36 bits per heavy atom. The zero-order valence-electron chi connectivity index (χ0n) is 5.70. The van der Waals surface area contributed by atoms with Crippen LogP contribution in [0.1, 0.15) is 6.42 Å². The van der Waals surface area contributed by atoms with Crippen LogP contribution in [0.25, 0.3) is 0 Å². The summed E-state index contributed by atoms with van der Waals surface area (Å²) >= 11 is 0. The monoisotopic (exact) mass is 147 g/mol. The average Bonchev–Trinajstić information content (AvgIpc) is 2.34. The van der Waals surface area contributed by atoms with Crippen molar-refractivity contribution < 1.29 is 9.59 Å². The molecular weight excluding hydrogens is 142 g/mol. The molecule has 2 aliphatic rings. The summed E-state index contributed by atoms with van der Waals surface area (Å²) < 4.78 is 0. The van der Waals surface area contributed by atoms with Crippen LogP contribution in [0.5, 0.6) is 0 Å². The van der Waals surface area contributed by atoms with Gasteiger partial charge in [0.05, 0.1) is 5.57 Å². The van der Waals surface area contributed by atoms with Gasteiger partial charge in [-0.05, 0) is 18.1 Å². The molecule has 3 nitrogen and oxygen atoms in total. The largest absolute Gasteiger partial charge is 0.289 e. The van der Waals surface area contributed by atoms with Crippen LogP contribution < -0.4 is 0 Å². The van der Waals surface area contributed by atoms with E-state index in [0.29, 0.717) is 6.42 Å². The first-order valence-corrected chi connectivity index (χ1v) is 3.31. The molecule has 3 heteroatoms. The van der Waals surface area contributed by atoms with Crippen molar-refractivity contribution >= 4 is 17.9 Å². The number of carbonyl (C=O) groups excluding carboxylic acids is 2. The fourth-order valence-corrected chi connectivity index (χ4v) is 1.20. The fourth-order valence-electron chi connectivity index (χ4n) is 1.20. The molecule has 11 heavy (non-hydrogen) atoms. The Morgan fingerprint density at radius 2 is 2.18 bits per heavy atom. The van der Waals surface area contributed by atoms with Crippen LogP contribution in [0.3, 0.4) is 0 Å². The second-order valence-corrected chi connectivity index (χ2v) is 2.43. The molecular formula is C8H5NO2. The lowest BCUT2D eigenvalue weighted by Gasteiger charge is -2.02. The molecule has 0 N–H and O–H groups in total. The van der Waals surface area contributed by atoms with E-state index in [1.165, 1.54) is 12.3 Å². The molecule has 1 aliphatic carbocycles. The molecule has 0 radical (unpaired) electrons. The number of hydrogen-bond acceptors (Lipinski definition) is 2. The van der Waals surface area contributed by atoms with Gasteiger partial charge in [-0.2, -0.15) is 0 Å². The smallest absolute Gasteiger partial charge is 0.281 e. The predicted octanol–water partition coefficient (Wildman–Crippen LogP) is 0.423. The third-order valence-electron chi connectivity index (χ3n) is 1.73. The number of ketones is 1. The summed E-state index contributed by atoms with van der Waals surface area (Å²) in [7, 11) is 0. The molecule has 0 aromatic heterocycles. The normalized spacial score (nSPS) is 21.5. The number of carbonyl (C=O) groups is 2. The molecule has 1 heterocycles. The van der Waals surface area contributed by atoms with E-state index in [1.54, 1.807) is 6.08 Å². The summed E-state index contributed by atoms with van der Waals surface area (Å²) in [6.45, 7) is 0. The molecule has 1 amide bonds. The molecule has 0 saturated carbocycles. The third-order valence-corrected chi connectivity index (χ3v) is 1.73. The van der Waals surface area contributed by atoms with Gasteiger partial charge in [0.25, 0.3) is 5.91 Å². The minimum Gasteiger partial charge on any atom is -0.289 e. The Labute approximate surface area is 63.1 Å². The lowest BCUT2D eigenvalue weighted by Crippen LogP contribution is -2.10. The quantitative estimate of drug-likeness (QED) is 0.466. The van der Waals surface area contributed by atoms with Gasteiger partial charge in [-0.3, -0.25) is 9.59 Å². The summed E-state index contributed by atoms with van der Waals surface area (Å²) in [5.74, 6) is -0.608. The Hall–Kier alpha value is -1.51. The van der Waals surface area contributed by atoms with Crippen LogP contribution in [0.15, 0.2) is 28.3 Å². The first-order valence-electron chi connectivity index (χ1n) is 3.31. The van der Waals surface area contributed by atoms with Gasteiger partial charge in [0, 0.05) is 6.21 Å². The highest BCUT2D eigenvalue weighted by Crippen LogP contribution is 2.20. The molecule has 54 valence electrons. The average molecular weight is 147 g/mol. The van der Waals surface area contributed by atoms with Crippen LogP contribution in [0, 0.1) is 0 Å². The molecule has 0 aromatic carbocycles. The summed E-state index contributed by atoms with van der Waals surface area (Å²) in [4.78, 5) is 25.5. The summed E-state index contributed by atoms with van der Waals surface area (Å²) in [5, 5.41) is 0. The van der Waals surface area contributed by atoms with Crippen molar-refractivity contribution in [2.75, 3.05) is 0 Å². The summed E-state index contributed by atoms with van der Waals surface area (Å²) in [5.41, 5.74) is 1.01. The van der Waals surface area contributed by atoms with Crippen molar-refractivity contribution in [1.82, 2.24) is 0 Å². The Balaban J connectivity index is 2.51. The first-order chi connectivity index (χ1) is 5.29. The van der Waals surface area contributed by atoms with Gasteiger partial charge >= 0.3 is 0 Å². The van der Waals surface area contributed by atoms with E-state index in [1.807, 2.05) is 0 Å². The number of nitrogens with zero attached hydrogens (tertiary/aromatic N) is 1. The van der Waals surface area contributed by atoms with Crippen molar-refractivity contribution in [2.45, 2.75) is 6.42 Å². The Kier molecular flexibility index (Phi) is 1.12. The molecule has 0 unspecified atom stereocenters. The molecule has 0 bridgehead atoms. The van der Waals surface area contributed by atoms with Gasteiger partial charge in [0.15, 0.2) is 5.78 Å². The van der Waals surface area contributed by atoms with Gasteiger partial charge in [-0.15, -0.1) is 0 Å². The number of allylic oxidation sites excluding steroid dienone is 3. The standard InChI is InChI=1S/C8H5NO2/c10-6-3-1-2-5-4-9-8(11)7(5)6/h1,3-4H,2H2. The Morgan fingerprint density at radius 3 is 2.91 bits per heavy atom. The zero-order chi connectivity index (χ0) is 7.84. The minimum absolute atomic E-state index is 0.214. The maximum Gasteiger partial charge on any atom is 0.281 e. The number of hydrogen-bond donors (Lipinski definition) is 0. The van der Waals surface area contributed by atoms with Crippen molar-refractivity contribution in [3.05, 3.63) is 23.3 Å². The molecule has 0 spiro atoms. The van der Waals surface area contributed by atoms with Crippen molar-refractivity contribution in [1.29, 1.82) is 0 Å². The number of amides is 1. The summed E-state index contributed by atoms with van der Waals surface area (Å²) in [6.07, 6.45) is 5.28. The van der Waals surface area contributed by atoms with E-state index in [2.05, 4.69) is 4.99 Å². The van der Waals surface area contributed by atoms with Crippen LogP contribution in [0.2, 0.25) is 0 Å². The zero-order valence-corrected chi connectivity index (χ0v) is 5.70. The fraction of sp³-hybridized carbons (Fsp3) is 0.125. The second kappa shape index (κ2) is 1.99. The first kappa shape index (κ1) is 6.22. The molecule has 2 rings (SSSR count). The van der Waals surface area contributed by atoms with E-state index >= 15 is 0 Å². The van der Waals surface area contributed by atoms with Gasteiger partial charge in [-0.1, -0.05) is 6.08 Å². The molecule has 0 saturated heterocycles. The molecule has 0 fully saturated rings. The van der Waals surface area contributed by atoms with Crippen LogP contribution >= 0.6 is 0 Å². The maximum absolute atomic E-state index is 11.0. The van der Waals surface area contributed by atoms with Crippen molar-refractivity contribution in [3.63, 3.8) is 0 Å². The highest BCUT2D eigenvalue weighted by Gasteiger charge is 2.25. The van der Waals surface area contributed by atoms with Crippen LogP contribution in [0.4, 0.5) is 0 Å². The Bertz CT molecular complexity index is 334. The van der Waals surface area contributed by atoms with E-state index in [4.69, 9.17) is 0 Å². The van der Waals surface area contributed by atoms with Crippen LogP contribution in [-0.4, -0.2) is 17.9 Å². The second-order valence-electron chi connectivity index (χ2n) is 2.43. The van der Waals surface area contributed by atoms with Gasteiger partial charge in [0.1, 0.15) is 0 Å². The predicted molar refractivity (Wildman–Crippen MR) is 39.3 cm³/mol. The van der Waals surface area contributed by atoms with E-state index < -0.39 is 5.91 Å². The van der Waals surface area contributed by atoms with Crippen molar-refractivity contribution in [2.24, 2.45) is 4.99 Å². The highest BCUT2D eigenvalue weighted by atomic mass is 16.2. The topological polar surface area (TPSA) is 46.5 Å². The van der Waals surface area contributed by atoms with E-state index in [-0.39, 0.29) is 11.4 Å². The van der Waals surface area contributed by atoms with Gasteiger partial charge in [-0.25, -0.2) is 4.99 Å². The third kappa shape index (κ3) is 0.774.